The van der Waals surface area contributed by atoms with Crippen molar-refractivity contribution in [1.29, 1.82) is 0 Å². The van der Waals surface area contributed by atoms with Crippen LogP contribution in [0.5, 0.6) is 5.75 Å². The summed E-state index contributed by atoms with van der Waals surface area (Å²) in [5.41, 5.74) is 2.96. The van der Waals surface area contributed by atoms with Crippen molar-refractivity contribution in [2.75, 3.05) is 13.1 Å². The molecule has 1 atom stereocenters. The first-order valence-corrected chi connectivity index (χ1v) is 7.70. The molecule has 0 aromatic heterocycles. The number of hydrogen-bond donors (Lipinski definition) is 1. The molecule has 2 nitrogen and oxygen atoms in total. The number of nitrogens with one attached hydrogen (secondary N) is 1. The van der Waals surface area contributed by atoms with Crippen LogP contribution in [0.25, 0.3) is 0 Å². The molecule has 2 rings (SSSR count). The third-order valence-corrected chi connectivity index (χ3v) is 3.96. The van der Waals surface area contributed by atoms with E-state index in [2.05, 4.69) is 65.1 Å². The highest BCUT2D eigenvalue weighted by Crippen LogP contribution is 2.36. The van der Waals surface area contributed by atoms with Crippen molar-refractivity contribution < 1.29 is 4.74 Å². The van der Waals surface area contributed by atoms with E-state index in [0.717, 1.165) is 25.3 Å². The van der Waals surface area contributed by atoms with Gasteiger partial charge < -0.3 is 10.1 Å². The zero-order chi connectivity index (χ0) is 15.0. The Hall–Kier alpha value is -1.02. The second-order valence-corrected chi connectivity index (χ2v) is 7.94. The lowest BCUT2D eigenvalue weighted by atomic mass is 9.80. The molecule has 0 amide bonds. The molecule has 1 fully saturated rings. The second kappa shape index (κ2) is 5.40. The van der Waals surface area contributed by atoms with Crippen LogP contribution in [0.15, 0.2) is 18.2 Å². The van der Waals surface area contributed by atoms with Gasteiger partial charge in [-0.25, -0.2) is 0 Å². The van der Waals surface area contributed by atoms with E-state index in [1.54, 1.807) is 0 Å². The van der Waals surface area contributed by atoms with E-state index in [1.807, 2.05) is 0 Å². The average molecular weight is 275 g/mol. The second-order valence-electron chi connectivity index (χ2n) is 7.94. The Bertz CT molecular complexity index is 459. The van der Waals surface area contributed by atoms with E-state index in [-0.39, 0.29) is 10.8 Å². The maximum Gasteiger partial charge on any atom is 0.123 e. The Morgan fingerprint density at radius 2 is 1.75 bits per heavy atom. The Labute approximate surface area is 123 Å². The standard InChI is InChI=1S/C18H29NO/c1-17(2,3)13-7-8-16(15(11-13)18(4,5)6)20-14-9-10-19-12-14/h7-8,11,14,19H,9-10,12H2,1-6H3. The maximum atomic E-state index is 6.24. The van der Waals surface area contributed by atoms with Gasteiger partial charge in [0.25, 0.3) is 0 Å². The third kappa shape index (κ3) is 3.54. The van der Waals surface area contributed by atoms with E-state index in [1.165, 1.54) is 11.1 Å². The molecule has 1 aliphatic heterocycles. The fraction of sp³-hybridized carbons (Fsp3) is 0.667. The van der Waals surface area contributed by atoms with Gasteiger partial charge in [-0.05, 0) is 41.0 Å². The maximum absolute atomic E-state index is 6.24. The van der Waals surface area contributed by atoms with E-state index in [4.69, 9.17) is 4.74 Å². The van der Waals surface area contributed by atoms with Crippen LogP contribution in [0.2, 0.25) is 0 Å². The molecular weight excluding hydrogens is 246 g/mol. The first kappa shape index (κ1) is 15.4. The van der Waals surface area contributed by atoms with Gasteiger partial charge in [0.2, 0.25) is 0 Å². The van der Waals surface area contributed by atoms with Crippen molar-refractivity contribution in [2.45, 2.75) is 64.9 Å². The first-order chi connectivity index (χ1) is 9.18. The van der Waals surface area contributed by atoms with Gasteiger partial charge in [0.05, 0.1) is 0 Å². The van der Waals surface area contributed by atoms with E-state index >= 15 is 0 Å². The van der Waals surface area contributed by atoms with Crippen LogP contribution in [0.4, 0.5) is 0 Å². The minimum Gasteiger partial charge on any atom is -0.489 e. The summed E-state index contributed by atoms with van der Waals surface area (Å²) in [6, 6.07) is 6.71. The van der Waals surface area contributed by atoms with Gasteiger partial charge >= 0.3 is 0 Å². The van der Waals surface area contributed by atoms with Crippen molar-refractivity contribution in [1.82, 2.24) is 5.32 Å². The van der Waals surface area contributed by atoms with E-state index in [0.29, 0.717) is 6.10 Å². The fourth-order valence-corrected chi connectivity index (χ4v) is 2.59. The lowest BCUT2D eigenvalue weighted by Crippen LogP contribution is -2.23. The topological polar surface area (TPSA) is 21.3 Å². The Kier molecular flexibility index (Phi) is 4.15. The summed E-state index contributed by atoms with van der Waals surface area (Å²) >= 11 is 0. The SMILES string of the molecule is CC(C)(C)c1ccc(OC2CCNC2)c(C(C)(C)C)c1. The molecule has 0 aliphatic carbocycles. The molecule has 1 aromatic rings. The van der Waals surface area contributed by atoms with E-state index < -0.39 is 0 Å². The highest BCUT2D eigenvalue weighted by Gasteiger charge is 2.25. The summed E-state index contributed by atoms with van der Waals surface area (Å²) in [5.74, 6) is 1.05. The van der Waals surface area contributed by atoms with Crippen LogP contribution in [-0.4, -0.2) is 19.2 Å². The van der Waals surface area contributed by atoms with Crippen molar-refractivity contribution in [3.63, 3.8) is 0 Å². The van der Waals surface area contributed by atoms with Gasteiger partial charge in [-0.3, -0.25) is 0 Å². The number of rotatable bonds is 2. The molecule has 1 N–H and O–H groups in total. The summed E-state index contributed by atoms with van der Waals surface area (Å²) in [6.07, 6.45) is 1.42. The normalized spacial score (nSPS) is 20.2. The number of ether oxygens (including phenoxy) is 1. The lowest BCUT2D eigenvalue weighted by Gasteiger charge is -2.28. The van der Waals surface area contributed by atoms with Gasteiger partial charge in [-0.2, -0.15) is 0 Å². The molecule has 2 heteroatoms. The highest BCUT2D eigenvalue weighted by molar-refractivity contribution is 5.43. The third-order valence-electron chi connectivity index (χ3n) is 3.96. The fourth-order valence-electron chi connectivity index (χ4n) is 2.59. The van der Waals surface area contributed by atoms with Crippen LogP contribution in [0.1, 0.15) is 59.1 Å². The van der Waals surface area contributed by atoms with Crippen molar-refractivity contribution in [2.24, 2.45) is 0 Å². The van der Waals surface area contributed by atoms with Gasteiger partial charge in [-0.15, -0.1) is 0 Å². The predicted octanol–water partition coefficient (Wildman–Crippen LogP) is 4.02. The Morgan fingerprint density at radius 1 is 1.05 bits per heavy atom. The van der Waals surface area contributed by atoms with Crippen molar-refractivity contribution >= 4 is 0 Å². The number of benzene rings is 1. The van der Waals surface area contributed by atoms with Gasteiger partial charge in [0, 0.05) is 6.54 Å². The number of hydrogen-bond acceptors (Lipinski definition) is 2. The predicted molar refractivity (Wildman–Crippen MR) is 85.7 cm³/mol. The van der Waals surface area contributed by atoms with Crippen LogP contribution in [-0.2, 0) is 10.8 Å². The molecule has 112 valence electrons. The molecule has 0 saturated carbocycles. The molecule has 1 aromatic carbocycles. The molecule has 0 spiro atoms. The Morgan fingerprint density at radius 3 is 2.25 bits per heavy atom. The highest BCUT2D eigenvalue weighted by atomic mass is 16.5. The monoisotopic (exact) mass is 275 g/mol. The molecule has 0 radical (unpaired) electrons. The minimum atomic E-state index is 0.0998. The van der Waals surface area contributed by atoms with Crippen LogP contribution < -0.4 is 10.1 Å². The van der Waals surface area contributed by atoms with Gasteiger partial charge in [0.1, 0.15) is 11.9 Å². The summed E-state index contributed by atoms with van der Waals surface area (Å²) in [6.45, 7) is 15.6. The first-order valence-electron chi connectivity index (χ1n) is 7.70. The zero-order valence-electron chi connectivity index (χ0n) is 13.8. The van der Waals surface area contributed by atoms with Crippen LogP contribution >= 0.6 is 0 Å². The lowest BCUT2D eigenvalue weighted by molar-refractivity contribution is 0.218. The molecular formula is C18H29NO. The molecule has 1 unspecified atom stereocenters. The molecule has 0 bridgehead atoms. The molecule has 1 heterocycles. The average Bonchev–Trinajstić information content (AvgIpc) is 2.79. The molecule has 1 aliphatic rings. The van der Waals surface area contributed by atoms with Gasteiger partial charge in [0.15, 0.2) is 0 Å². The molecule has 1 saturated heterocycles. The largest absolute Gasteiger partial charge is 0.489 e. The summed E-state index contributed by atoms with van der Waals surface area (Å²) in [4.78, 5) is 0. The summed E-state index contributed by atoms with van der Waals surface area (Å²) in [5, 5.41) is 3.36. The summed E-state index contributed by atoms with van der Waals surface area (Å²) < 4.78 is 6.24. The van der Waals surface area contributed by atoms with Crippen molar-refractivity contribution in [3.8, 4) is 5.75 Å². The Balaban J connectivity index is 2.35. The summed E-state index contributed by atoms with van der Waals surface area (Å²) in [7, 11) is 0. The quantitative estimate of drug-likeness (QED) is 0.880. The van der Waals surface area contributed by atoms with Crippen molar-refractivity contribution in [3.05, 3.63) is 29.3 Å². The van der Waals surface area contributed by atoms with Crippen LogP contribution in [0.3, 0.4) is 0 Å². The van der Waals surface area contributed by atoms with Crippen LogP contribution in [0, 0.1) is 0 Å². The van der Waals surface area contributed by atoms with Gasteiger partial charge in [-0.1, -0.05) is 53.7 Å². The minimum absolute atomic E-state index is 0.0998. The zero-order valence-corrected chi connectivity index (χ0v) is 13.8. The van der Waals surface area contributed by atoms with E-state index in [9.17, 15) is 0 Å². The molecule has 20 heavy (non-hydrogen) atoms. The smallest absolute Gasteiger partial charge is 0.123 e.